The smallest absolute Gasteiger partial charge is 0.243 e. The summed E-state index contributed by atoms with van der Waals surface area (Å²) in [6.45, 7) is 3.96. The fraction of sp³-hybridized carbons (Fsp3) is 0.588. The van der Waals surface area contributed by atoms with Crippen molar-refractivity contribution >= 4 is 15.9 Å². The minimum absolute atomic E-state index is 0.00737. The van der Waals surface area contributed by atoms with Crippen LogP contribution < -0.4 is 5.32 Å². The fourth-order valence-electron chi connectivity index (χ4n) is 3.17. The first-order valence-electron chi connectivity index (χ1n) is 8.45. The molecule has 138 valence electrons. The van der Waals surface area contributed by atoms with Gasteiger partial charge in [-0.2, -0.15) is 4.31 Å². The zero-order valence-corrected chi connectivity index (χ0v) is 15.0. The van der Waals surface area contributed by atoms with Gasteiger partial charge in [0.1, 0.15) is 11.9 Å². The first kappa shape index (κ1) is 18.3. The Labute approximate surface area is 147 Å². The highest BCUT2D eigenvalue weighted by atomic mass is 32.2. The second-order valence-electron chi connectivity index (χ2n) is 7.10. The number of amides is 1. The summed E-state index contributed by atoms with van der Waals surface area (Å²) in [4.78, 5) is 12.6. The summed E-state index contributed by atoms with van der Waals surface area (Å²) in [5.74, 6) is -0.777. The number of hydrogen-bond acceptors (Lipinski definition) is 4. The SMILES string of the molecule is CC1(CNC(=O)[C@@H]2CCCCN2S(=O)(=O)c2ccc(F)cc2)COC1. The Balaban J connectivity index is 1.75. The number of ether oxygens (including phenoxy) is 1. The van der Waals surface area contributed by atoms with Crippen molar-refractivity contribution in [1.29, 1.82) is 0 Å². The molecule has 3 rings (SSSR count). The van der Waals surface area contributed by atoms with Crippen LogP contribution in [0.3, 0.4) is 0 Å². The van der Waals surface area contributed by atoms with Crippen LogP contribution in [0.4, 0.5) is 4.39 Å². The molecule has 0 aromatic heterocycles. The van der Waals surface area contributed by atoms with Crippen molar-refractivity contribution < 1.29 is 22.3 Å². The summed E-state index contributed by atoms with van der Waals surface area (Å²) in [7, 11) is -3.84. The monoisotopic (exact) mass is 370 g/mol. The molecule has 2 aliphatic rings. The molecule has 1 aromatic carbocycles. The van der Waals surface area contributed by atoms with Gasteiger partial charge in [0.15, 0.2) is 0 Å². The van der Waals surface area contributed by atoms with E-state index in [1.807, 2.05) is 6.92 Å². The molecule has 6 nitrogen and oxygen atoms in total. The van der Waals surface area contributed by atoms with Gasteiger partial charge in [-0.3, -0.25) is 4.79 Å². The van der Waals surface area contributed by atoms with E-state index in [1.165, 1.54) is 16.4 Å². The molecule has 8 heteroatoms. The maximum atomic E-state index is 13.1. The van der Waals surface area contributed by atoms with Gasteiger partial charge >= 0.3 is 0 Å². The zero-order valence-electron chi connectivity index (χ0n) is 14.2. The highest BCUT2D eigenvalue weighted by molar-refractivity contribution is 7.89. The summed E-state index contributed by atoms with van der Waals surface area (Å²) in [6.07, 6.45) is 1.99. The van der Waals surface area contributed by atoms with Crippen LogP contribution in [0.2, 0.25) is 0 Å². The number of sulfonamides is 1. The Morgan fingerprint density at radius 1 is 1.32 bits per heavy atom. The fourth-order valence-corrected chi connectivity index (χ4v) is 4.82. The number of carbonyl (C=O) groups is 1. The second kappa shape index (κ2) is 7.01. The molecule has 1 aromatic rings. The van der Waals surface area contributed by atoms with E-state index in [0.717, 1.165) is 18.6 Å². The van der Waals surface area contributed by atoms with Gasteiger partial charge in [-0.25, -0.2) is 12.8 Å². The maximum absolute atomic E-state index is 13.1. The number of hydrogen-bond donors (Lipinski definition) is 1. The van der Waals surface area contributed by atoms with Crippen LogP contribution in [0.25, 0.3) is 0 Å². The van der Waals surface area contributed by atoms with E-state index in [1.54, 1.807) is 0 Å². The quantitative estimate of drug-likeness (QED) is 0.853. The third-order valence-electron chi connectivity index (χ3n) is 4.77. The van der Waals surface area contributed by atoms with Crippen LogP contribution in [0.1, 0.15) is 26.2 Å². The summed E-state index contributed by atoms with van der Waals surface area (Å²) in [5, 5.41) is 2.87. The van der Waals surface area contributed by atoms with Gasteiger partial charge in [0.2, 0.25) is 15.9 Å². The van der Waals surface area contributed by atoms with E-state index in [0.29, 0.717) is 32.6 Å². The van der Waals surface area contributed by atoms with Crippen LogP contribution in [-0.4, -0.2) is 51.0 Å². The van der Waals surface area contributed by atoms with E-state index in [2.05, 4.69) is 5.32 Å². The Kier molecular flexibility index (Phi) is 5.13. The largest absolute Gasteiger partial charge is 0.380 e. The third-order valence-corrected chi connectivity index (χ3v) is 6.69. The predicted molar refractivity (Wildman–Crippen MR) is 89.9 cm³/mol. The van der Waals surface area contributed by atoms with Gasteiger partial charge in [0.05, 0.1) is 18.1 Å². The standard InChI is InChI=1S/C17H23FN2O4S/c1-17(11-24-12-17)10-19-16(21)15-4-2-3-9-20(15)25(22,23)14-7-5-13(18)6-8-14/h5-8,15H,2-4,9-12H2,1H3,(H,19,21)/t15-/m0/s1. The van der Waals surface area contributed by atoms with Gasteiger partial charge in [-0.15, -0.1) is 0 Å². The Morgan fingerprint density at radius 2 is 2.00 bits per heavy atom. The Morgan fingerprint density at radius 3 is 2.60 bits per heavy atom. The molecule has 0 aliphatic carbocycles. The van der Waals surface area contributed by atoms with Crippen LogP contribution in [0, 0.1) is 11.2 Å². The van der Waals surface area contributed by atoms with Crippen LogP contribution in [0.5, 0.6) is 0 Å². The molecule has 0 bridgehead atoms. The van der Waals surface area contributed by atoms with Gasteiger partial charge in [-0.05, 0) is 37.1 Å². The molecule has 2 fully saturated rings. The molecule has 1 amide bonds. The topological polar surface area (TPSA) is 75.7 Å². The molecule has 0 saturated carbocycles. The molecule has 1 N–H and O–H groups in total. The highest BCUT2D eigenvalue weighted by Gasteiger charge is 2.39. The highest BCUT2D eigenvalue weighted by Crippen LogP contribution is 2.27. The van der Waals surface area contributed by atoms with Gasteiger partial charge < -0.3 is 10.1 Å². The first-order chi connectivity index (χ1) is 11.8. The molecule has 1 atom stereocenters. The number of carbonyl (C=O) groups excluding carboxylic acids is 1. The average molecular weight is 370 g/mol. The van der Waals surface area contributed by atoms with Crippen molar-refractivity contribution in [3.63, 3.8) is 0 Å². The van der Waals surface area contributed by atoms with Crippen molar-refractivity contribution in [1.82, 2.24) is 9.62 Å². The van der Waals surface area contributed by atoms with Gasteiger partial charge in [-0.1, -0.05) is 13.3 Å². The minimum atomic E-state index is -3.84. The van der Waals surface area contributed by atoms with E-state index >= 15 is 0 Å². The van der Waals surface area contributed by atoms with Crippen molar-refractivity contribution in [3.8, 4) is 0 Å². The number of rotatable bonds is 5. The Bertz CT molecular complexity index is 732. The molecular weight excluding hydrogens is 347 g/mol. The molecule has 2 aliphatic heterocycles. The lowest BCUT2D eigenvalue weighted by Crippen LogP contribution is -2.55. The molecule has 2 heterocycles. The van der Waals surface area contributed by atoms with Crippen LogP contribution in [0.15, 0.2) is 29.2 Å². The number of nitrogens with zero attached hydrogens (tertiary/aromatic N) is 1. The first-order valence-corrected chi connectivity index (χ1v) is 9.89. The predicted octanol–water partition coefficient (Wildman–Crippen LogP) is 1.52. The lowest BCUT2D eigenvalue weighted by Gasteiger charge is -2.39. The van der Waals surface area contributed by atoms with E-state index in [-0.39, 0.29) is 22.8 Å². The summed E-state index contributed by atoms with van der Waals surface area (Å²) >= 11 is 0. The lowest BCUT2D eigenvalue weighted by atomic mass is 9.88. The van der Waals surface area contributed by atoms with Crippen LogP contribution in [-0.2, 0) is 19.6 Å². The molecule has 25 heavy (non-hydrogen) atoms. The summed E-state index contributed by atoms with van der Waals surface area (Å²) in [5.41, 5.74) is -0.0784. The molecule has 0 unspecified atom stereocenters. The normalized spacial score (nSPS) is 23.7. The molecular formula is C17H23FN2O4S. The van der Waals surface area contributed by atoms with E-state index in [4.69, 9.17) is 4.74 Å². The average Bonchev–Trinajstić information content (AvgIpc) is 2.58. The summed E-state index contributed by atoms with van der Waals surface area (Å²) in [6, 6.07) is 3.97. The number of nitrogens with one attached hydrogen (secondary N) is 1. The second-order valence-corrected chi connectivity index (χ2v) is 8.99. The Hall–Kier alpha value is -1.51. The number of halogens is 1. The molecule has 2 saturated heterocycles. The zero-order chi connectivity index (χ0) is 18.1. The van der Waals surface area contributed by atoms with Crippen molar-refractivity contribution in [2.75, 3.05) is 26.3 Å². The summed E-state index contributed by atoms with van der Waals surface area (Å²) < 4.78 is 45.3. The van der Waals surface area contributed by atoms with E-state index < -0.39 is 21.9 Å². The van der Waals surface area contributed by atoms with Crippen LogP contribution >= 0.6 is 0 Å². The minimum Gasteiger partial charge on any atom is -0.380 e. The molecule has 0 spiro atoms. The van der Waals surface area contributed by atoms with Gasteiger partial charge in [0.25, 0.3) is 0 Å². The van der Waals surface area contributed by atoms with Crippen molar-refractivity contribution in [2.45, 2.75) is 37.1 Å². The van der Waals surface area contributed by atoms with Crippen molar-refractivity contribution in [2.24, 2.45) is 5.41 Å². The van der Waals surface area contributed by atoms with Gasteiger partial charge in [0, 0.05) is 18.5 Å². The number of piperidine rings is 1. The van der Waals surface area contributed by atoms with E-state index in [9.17, 15) is 17.6 Å². The lowest BCUT2D eigenvalue weighted by molar-refractivity contribution is -0.130. The third kappa shape index (κ3) is 3.86. The maximum Gasteiger partial charge on any atom is 0.243 e. The molecule has 0 radical (unpaired) electrons. The number of benzene rings is 1. The van der Waals surface area contributed by atoms with Crippen molar-refractivity contribution in [3.05, 3.63) is 30.1 Å².